The van der Waals surface area contributed by atoms with Gasteiger partial charge in [-0.15, -0.1) is 0 Å². The normalized spacial score (nSPS) is 10.5. The molecular formula is C17H15N5O4. The van der Waals surface area contributed by atoms with Crippen molar-refractivity contribution in [3.8, 4) is 17.3 Å². The van der Waals surface area contributed by atoms with Gasteiger partial charge in [-0.3, -0.25) is 14.2 Å². The molecule has 0 fully saturated rings. The third kappa shape index (κ3) is 3.73. The molecule has 0 saturated heterocycles. The van der Waals surface area contributed by atoms with Crippen molar-refractivity contribution < 1.29 is 19.4 Å². The first-order valence-electron chi connectivity index (χ1n) is 7.56. The van der Waals surface area contributed by atoms with Crippen LogP contribution >= 0.6 is 0 Å². The third-order valence-electron chi connectivity index (χ3n) is 3.44. The van der Waals surface area contributed by atoms with E-state index in [4.69, 9.17) is 4.74 Å². The molecule has 9 nitrogen and oxygen atoms in total. The van der Waals surface area contributed by atoms with E-state index in [9.17, 15) is 14.7 Å². The number of amides is 1. The number of anilines is 1. The van der Waals surface area contributed by atoms with Crippen molar-refractivity contribution in [1.82, 2.24) is 19.5 Å². The quantitative estimate of drug-likeness (QED) is 0.710. The number of aromatic nitrogens is 4. The maximum atomic E-state index is 12.2. The molecule has 0 unspecified atom stereocenters. The molecule has 0 aliphatic rings. The van der Waals surface area contributed by atoms with Crippen molar-refractivity contribution in [2.45, 2.75) is 0 Å². The number of imidazole rings is 1. The number of methoxy groups -OCH3 is 1. The van der Waals surface area contributed by atoms with Crippen LogP contribution in [0.1, 0.15) is 10.4 Å². The number of ether oxygens (including phenoxy) is 1. The van der Waals surface area contributed by atoms with Crippen LogP contribution < -0.4 is 5.32 Å². The van der Waals surface area contributed by atoms with Gasteiger partial charge in [-0.25, -0.2) is 9.97 Å². The molecule has 3 rings (SSSR count). The van der Waals surface area contributed by atoms with Gasteiger partial charge in [0.05, 0.1) is 0 Å². The van der Waals surface area contributed by atoms with Gasteiger partial charge in [0.1, 0.15) is 18.5 Å². The van der Waals surface area contributed by atoms with Crippen molar-refractivity contribution in [3.05, 3.63) is 54.7 Å². The Morgan fingerprint density at radius 3 is 2.65 bits per heavy atom. The molecule has 0 aliphatic carbocycles. The van der Waals surface area contributed by atoms with E-state index in [1.165, 1.54) is 36.6 Å². The largest absolute Gasteiger partial charge is 0.493 e. The number of carbonyl (C=O) groups is 2. The minimum Gasteiger partial charge on any atom is -0.493 e. The van der Waals surface area contributed by atoms with Gasteiger partial charge in [0, 0.05) is 37.0 Å². The highest BCUT2D eigenvalue weighted by molar-refractivity contribution is 5.97. The number of hydrogen-bond donors (Lipinski definition) is 2. The molecule has 0 radical (unpaired) electrons. The highest BCUT2D eigenvalue weighted by atomic mass is 16.5. The first-order chi connectivity index (χ1) is 12.6. The SMILES string of the molecule is COCC(=O)Nc1ccc(-c2ncc(C(=O)n3ccnc3)c(O)n2)cc1. The Kier molecular flexibility index (Phi) is 4.99. The summed E-state index contributed by atoms with van der Waals surface area (Å²) in [7, 11) is 1.44. The van der Waals surface area contributed by atoms with Crippen molar-refractivity contribution in [3.63, 3.8) is 0 Å². The zero-order chi connectivity index (χ0) is 18.5. The standard InChI is InChI=1S/C17H15N5O4/c1-26-9-14(23)20-12-4-2-11(3-5-12)15-19-8-13(16(24)21-15)17(25)22-7-6-18-10-22/h2-8,10H,9H2,1H3,(H,20,23)(H,19,21,24). The van der Waals surface area contributed by atoms with Crippen LogP contribution in [0.15, 0.2) is 49.2 Å². The first-order valence-corrected chi connectivity index (χ1v) is 7.56. The zero-order valence-corrected chi connectivity index (χ0v) is 13.8. The Labute approximate surface area is 148 Å². The van der Waals surface area contributed by atoms with E-state index in [-0.39, 0.29) is 23.9 Å². The Bertz CT molecular complexity index is 923. The summed E-state index contributed by atoms with van der Waals surface area (Å²) in [5.41, 5.74) is 1.17. The fraction of sp³-hybridized carbons (Fsp3) is 0.118. The molecule has 2 aromatic heterocycles. The monoisotopic (exact) mass is 353 g/mol. The van der Waals surface area contributed by atoms with E-state index in [0.717, 1.165) is 0 Å². The van der Waals surface area contributed by atoms with Gasteiger partial charge >= 0.3 is 0 Å². The average Bonchev–Trinajstić information content (AvgIpc) is 3.16. The minimum absolute atomic E-state index is 0.0322. The predicted octanol–water partition coefficient (Wildman–Crippen LogP) is 1.32. The average molecular weight is 353 g/mol. The minimum atomic E-state index is -0.484. The second-order valence-corrected chi connectivity index (χ2v) is 5.26. The molecule has 3 aromatic rings. The molecule has 2 heterocycles. The lowest BCUT2D eigenvalue weighted by Crippen LogP contribution is -2.16. The van der Waals surface area contributed by atoms with E-state index in [1.807, 2.05) is 0 Å². The zero-order valence-electron chi connectivity index (χ0n) is 13.8. The van der Waals surface area contributed by atoms with Gasteiger partial charge in [0.25, 0.3) is 5.91 Å². The molecule has 132 valence electrons. The molecule has 0 saturated carbocycles. The Hall–Kier alpha value is -3.59. The summed E-state index contributed by atoms with van der Waals surface area (Å²) in [6, 6.07) is 6.73. The topological polar surface area (TPSA) is 119 Å². The van der Waals surface area contributed by atoms with Crippen molar-refractivity contribution in [2.75, 3.05) is 19.0 Å². The first kappa shape index (κ1) is 17.2. The molecule has 26 heavy (non-hydrogen) atoms. The van der Waals surface area contributed by atoms with Crippen LogP contribution in [0, 0.1) is 0 Å². The van der Waals surface area contributed by atoms with Gasteiger partial charge in [0.15, 0.2) is 5.82 Å². The lowest BCUT2D eigenvalue weighted by molar-refractivity contribution is -0.119. The van der Waals surface area contributed by atoms with Crippen molar-refractivity contribution in [1.29, 1.82) is 0 Å². The van der Waals surface area contributed by atoms with Gasteiger partial charge < -0.3 is 15.2 Å². The summed E-state index contributed by atoms with van der Waals surface area (Å²) in [6.45, 7) is -0.0366. The van der Waals surface area contributed by atoms with Crippen LogP contribution in [0.25, 0.3) is 11.4 Å². The number of benzene rings is 1. The van der Waals surface area contributed by atoms with E-state index in [0.29, 0.717) is 11.3 Å². The molecule has 0 aliphatic heterocycles. The summed E-state index contributed by atoms with van der Waals surface area (Å²) in [5.74, 6) is -0.926. The Balaban J connectivity index is 1.79. The van der Waals surface area contributed by atoms with E-state index in [1.54, 1.807) is 24.3 Å². The predicted molar refractivity (Wildman–Crippen MR) is 91.6 cm³/mol. The second-order valence-electron chi connectivity index (χ2n) is 5.26. The van der Waals surface area contributed by atoms with Crippen LogP contribution in [0.4, 0.5) is 5.69 Å². The fourth-order valence-electron chi connectivity index (χ4n) is 2.21. The van der Waals surface area contributed by atoms with Gasteiger partial charge in [-0.2, -0.15) is 4.98 Å². The van der Waals surface area contributed by atoms with E-state index >= 15 is 0 Å². The third-order valence-corrected chi connectivity index (χ3v) is 3.44. The highest BCUT2D eigenvalue weighted by Gasteiger charge is 2.16. The maximum absolute atomic E-state index is 12.2. The van der Waals surface area contributed by atoms with Crippen LogP contribution in [0.5, 0.6) is 5.88 Å². The molecule has 9 heteroatoms. The van der Waals surface area contributed by atoms with Gasteiger partial charge in [-0.05, 0) is 24.3 Å². The fourth-order valence-corrected chi connectivity index (χ4v) is 2.21. The molecule has 2 N–H and O–H groups in total. The summed E-state index contributed by atoms with van der Waals surface area (Å²) in [5, 5.41) is 12.7. The smallest absolute Gasteiger partial charge is 0.270 e. The Morgan fingerprint density at radius 2 is 2.04 bits per heavy atom. The summed E-state index contributed by atoms with van der Waals surface area (Å²) >= 11 is 0. The van der Waals surface area contributed by atoms with Crippen LogP contribution in [0.3, 0.4) is 0 Å². The molecule has 1 aromatic carbocycles. The molecular weight excluding hydrogens is 338 g/mol. The number of rotatable bonds is 5. The summed E-state index contributed by atoms with van der Waals surface area (Å²) in [4.78, 5) is 35.6. The van der Waals surface area contributed by atoms with E-state index in [2.05, 4.69) is 20.3 Å². The van der Waals surface area contributed by atoms with Crippen molar-refractivity contribution >= 4 is 17.5 Å². The van der Waals surface area contributed by atoms with Gasteiger partial charge in [-0.1, -0.05) is 0 Å². The molecule has 0 bridgehead atoms. The maximum Gasteiger partial charge on any atom is 0.270 e. The Morgan fingerprint density at radius 1 is 1.27 bits per heavy atom. The van der Waals surface area contributed by atoms with Crippen LogP contribution in [-0.2, 0) is 9.53 Å². The lowest BCUT2D eigenvalue weighted by atomic mass is 10.2. The number of nitrogens with one attached hydrogen (secondary N) is 1. The van der Waals surface area contributed by atoms with Crippen LogP contribution in [-0.4, -0.2) is 50.2 Å². The second kappa shape index (κ2) is 7.53. The molecule has 0 atom stereocenters. The molecule has 0 spiro atoms. The van der Waals surface area contributed by atoms with Crippen molar-refractivity contribution in [2.24, 2.45) is 0 Å². The highest BCUT2D eigenvalue weighted by Crippen LogP contribution is 2.22. The van der Waals surface area contributed by atoms with Gasteiger partial charge in [0.2, 0.25) is 11.8 Å². The van der Waals surface area contributed by atoms with Crippen LogP contribution in [0.2, 0.25) is 0 Å². The van der Waals surface area contributed by atoms with E-state index < -0.39 is 11.8 Å². The number of carbonyl (C=O) groups excluding carboxylic acids is 2. The number of hydrogen-bond acceptors (Lipinski definition) is 7. The molecule has 1 amide bonds. The summed E-state index contributed by atoms with van der Waals surface area (Å²) in [6.07, 6.45) is 5.50. The number of aromatic hydroxyl groups is 1. The lowest BCUT2D eigenvalue weighted by Gasteiger charge is -2.07. The summed E-state index contributed by atoms with van der Waals surface area (Å²) < 4.78 is 5.96. The number of nitrogens with zero attached hydrogens (tertiary/aromatic N) is 4.